The molecule has 36 heavy (non-hydrogen) atoms. The van der Waals surface area contributed by atoms with Gasteiger partial charge in [0.15, 0.2) is 6.17 Å². The Morgan fingerprint density at radius 2 is 1.86 bits per heavy atom. The highest BCUT2D eigenvalue weighted by Gasteiger charge is 2.36. The van der Waals surface area contributed by atoms with Gasteiger partial charge in [-0.25, -0.2) is 5.01 Å². The highest BCUT2D eigenvalue weighted by atomic mass is 16.5. The van der Waals surface area contributed by atoms with Gasteiger partial charge in [-0.2, -0.15) is 0 Å². The van der Waals surface area contributed by atoms with Crippen LogP contribution in [-0.4, -0.2) is 70.3 Å². The summed E-state index contributed by atoms with van der Waals surface area (Å²) in [5.74, 6) is -0.692. The molecule has 10 heteroatoms. The van der Waals surface area contributed by atoms with Gasteiger partial charge < -0.3 is 15.2 Å². The minimum absolute atomic E-state index is 0.0456. The molecule has 0 saturated carbocycles. The van der Waals surface area contributed by atoms with Crippen molar-refractivity contribution in [2.75, 3.05) is 36.5 Å². The number of hydrogen-bond acceptors (Lipinski definition) is 7. The van der Waals surface area contributed by atoms with Gasteiger partial charge in [0, 0.05) is 44.4 Å². The molecule has 1 aliphatic rings. The number of carboxylic acids is 1. The molecule has 3 rings (SSSR count). The number of amides is 2. The van der Waals surface area contributed by atoms with Crippen LogP contribution >= 0.6 is 0 Å². The summed E-state index contributed by atoms with van der Waals surface area (Å²) in [6.45, 7) is 6.08. The van der Waals surface area contributed by atoms with Crippen molar-refractivity contribution in [3.63, 3.8) is 0 Å². The van der Waals surface area contributed by atoms with E-state index in [4.69, 9.17) is 9.84 Å². The third-order valence-electron chi connectivity index (χ3n) is 5.93. The molecule has 1 fully saturated rings. The third kappa shape index (κ3) is 7.17. The molecule has 1 aromatic heterocycles. The van der Waals surface area contributed by atoms with E-state index < -0.39 is 12.1 Å². The number of carbonyl (C=O) groups excluding carboxylic acids is 2. The summed E-state index contributed by atoms with van der Waals surface area (Å²) in [5, 5.41) is 15.8. The van der Waals surface area contributed by atoms with Crippen LogP contribution in [0.3, 0.4) is 0 Å². The highest BCUT2D eigenvalue weighted by Crippen LogP contribution is 2.24. The average molecular weight is 498 g/mol. The zero-order chi connectivity index (χ0) is 25.9. The molecule has 0 bridgehead atoms. The SMILES string of the molecule is CCC(=O)N(c1cccnc1)C(Nc1ccc(OCCCC(=O)O)cc1)C(=O)N(CC)N1CCCC1. The van der Waals surface area contributed by atoms with Crippen molar-refractivity contribution in [3.8, 4) is 5.75 Å². The van der Waals surface area contributed by atoms with Crippen molar-refractivity contribution >= 4 is 29.2 Å². The van der Waals surface area contributed by atoms with E-state index in [1.807, 2.05) is 11.9 Å². The number of ether oxygens (including phenoxy) is 1. The second-order valence-corrected chi connectivity index (χ2v) is 8.46. The van der Waals surface area contributed by atoms with Crippen molar-refractivity contribution in [3.05, 3.63) is 48.8 Å². The first kappa shape index (κ1) is 26.9. The number of benzene rings is 1. The van der Waals surface area contributed by atoms with Gasteiger partial charge in [-0.05, 0) is 62.6 Å². The Labute approximate surface area is 211 Å². The van der Waals surface area contributed by atoms with Gasteiger partial charge in [0.2, 0.25) is 5.91 Å². The van der Waals surface area contributed by atoms with Crippen LogP contribution in [0.4, 0.5) is 11.4 Å². The molecule has 1 saturated heterocycles. The van der Waals surface area contributed by atoms with Crippen LogP contribution in [-0.2, 0) is 14.4 Å². The fourth-order valence-electron chi connectivity index (χ4n) is 4.14. The number of pyridine rings is 1. The van der Waals surface area contributed by atoms with E-state index in [1.165, 1.54) is 4.90 Å². The minimum atomic E-state index is -0.982. The van der Waals surface area contributed by atoms with Crippen molar-refractivity contribution in [2.24, 2.45) is 0 Å². The van der Waals surface area contributed by atoms with Crippen LogP contribution in [0.5, 0.6) is 5.75 Å². The van der Waals surface area contributed by atoms with Gasteiger partial charge in [-0.15, -0.1) is 0 Å². The maximum atomic E-state index is 13.9. The number of nitrogens with one attached hydrogen (secondary N) is 1. The topological polar surface area (TPSA) is 115 Å². The summed E-state index contributed by atoms with van der Waals surface area (Å²) in [7, 11) is 0. The smallest absolute Gasteiger partial charge is 0.303 e. The van der Waals surface area contributed by atoms with E-state index in [1.54, 1.807) is 60.7 Å². The van der Waals surface area contributed by atoms with Crippen molar-refractivity contribution in [1.29, 1.82) is 0 Å². The average Bonchev–Trinajstić information content (AvgIpc) is 3.42. The number of hydrogen-bond donors (Lipinski definition) is 2. The standard InChI is InChI=1S/C26H35N5O5/c1-3-23(32)31(21-9-7-15-27-19-21)25(26(35)30(4-2)29-16-5-6-17-29)28-20-11-13-22(14-12-20)36-18-8-10-24(33)34/h7,9,11-15,19,25,28H,3-6,8,10,16-18H2,1-2H3,(H,33,34). The van der Waals surface area contributed by atoms with E-state index in [0.717, 1.165) is 25.9 Å². The zero-order valence-corrected chi connectivity index (χ0v) is 20.9. The van der Waals surface area contributed by atoms with Crippen LogP contribution in [0.25, 0.3) is 0 Å². The molecule has 2 aromatic rings. The highest BCUT2D eigenvalue weighted by molar-refractivity contribution is 6.01. The number of likely N-dealkylation sites (N-methyl/N-ethyl adjacent to an activating group) is 1. The lowest BCUT2D eigenvalue weighted by molar-refractivity contribution is -0.148. The number of anilines is 2. The second-order valence-electron chi connectivity index (χ2n) is 8.46. The van der Waals surface area contributed by atoms with Crippen molar-refractivity contribution < 1.29 is 24.2 Å². The molecule has 194 valence electrons. The molecule has 1 unspecified atom stereocenters. The number of aliphatic carboxylic acids is 1. The van der Waals surface area contributed by atoms with Gasteiger partial charge in [0.1, 0.15) is 5.75 Å². The number of carboxylic acid groups (broad SMARTS) is 1. The third-order valence-corrected chi connectivity index (χ3v) is 5.93. The van der Waals surface area contributed by atoms with Crippen molar-refractivity contribution in [1.82, 2.24) is 15.0 Å². The van der Waals surface area contributed by atoms with Gasteiger partial charge in [-0.1, -0.05) is 6.92 Å². The van der Waals surface area contributed by atoms with Gasteiger partial charge in [-0.3, -0.25) is 29.3 Å². The van der Waals surface area contributed by atoms with E-state index in [0.29, 0.717) is 36.7 Å². The van der Waals surface area contributed by atoms with Crippen LogP contribution < -0.4 is 15.0 Å². The molecule has 1 atom stereocenters. The lowest BCUT2D eigenvalue weighted by Gasteiger charge is -2.38. The Morgan fingerprint density at radius 3 is 2.44 bits per heavy atom. The first-order valence-electron chi connectivity index (χ1n) is 12.4. The predicted octanol–water partition coefficient (Wildman–Crippen LogP) is 3.37. The first-order chi connectivity index (χ1) is 17.4. The summed E-state index contributed by atoms with van der Waals surface area (Å²) in [6.07, 6.45) is 4.95. The molecule has 2 heterocycles. The van der Waals surface area contributed by atoms with E-state index >= 15 is 0 Å². The molecule has 2 amide bonds. The Balaban J connectivity index is 1.86. The largest absolute Gasteiger partial charge is 0.494 e. The summed E-state index contributed by atoms with van der Waals surface area (Å²) >= 11 is 0. The molecular formula is C26H35N5O5. The number of nitrogens with zero attached hydrogens (tertiary/aromatic N) is 4. The fraction of sp³-hybridized carbons (Fsp3) is 0.462. The number of rotatable bonds is 13. The summed E-state index contributed by atoms with van der Waals surface area (Å²) < 4.78 is 5.61. The van der Waals surface area contributed by atoms with E-state index in [9.17, 15) is 14.4 Å². The maximum absolute atomic E-state index is 13.9. The lowest BCUT2D eigenvalue weighted by atomic mass is 10.2. The van der Waals surface area contributed by atoms with Crippen LogP contribution in [0.2, 0.25) is 0 Å². The molecule has 0 radical (unpaired) electrons. The Kier molecular flexibility index (Phi) is 10.1. The fourth-order valence-corrected chi connectivity index (χ4v) is 4.14. The second kappa shape index (κ2) is 13.4. The normalized spacial score (nSPS) is 14.2. The molecule has 1 aromatic carbocycles. The summed E-state index contributed by atoms with van der Waals surface area (Å²) in [5.41, 5.74) is 1.17. The van der Waals surface area contributed by atoms with Crippen LogP contribution in [0.15, 0.2) is 48.8 Å². The quantitative estimate of drug-likeness (QED) is 0.320. The van der Waals surface area contributed by atoms with E-state index in [-0.39, 0.29) is 24.7 Å². The van der Waals surface area contributed by atoms with Crippen molar-refractivity contribution in [2.45, 2.75) is 52.1 Å². The Morgan fingerprint density at radius 1 is 1.14 bits per heavy atom. The molecule has 1 aliphatic heterocycles. The summed E-state index contributed by atoms with van der Waals surface area (Å²) in [4.78, 5) is 43.4. The lowest BCUT2D eigenvalue weighted by Crippen LogP contribution is -2.58. The predicted molar refractivity (Wildman–Crippen MR) is 136 cm³/mol. The first-order valence-corrected chi connectivity index (χ1v) is 12.4. The molecule has 10 nitrogen and oxygen atoms in total. The van der Waals surface area contributed by atoms with Gasteiger partial charge in [0.25, 0.3) is 5.91 Å². The molecule has 0 spiro atoms. The summed E-state index contributed by atoms with van der Waals surface area (Å²) in [6, 6.07) is 10.6. The van der Waals surface area contributed by atoms with Gasteiger partial charge >= 0.3 is 5.97 Å². The van der Waals surface area contributed by atoms with Gasteiger partial charge in [0.05, 0.1) is 18.5 Å². The van der Waals surface area contributed by atoms with Crippen LogP contribution in [0.1, 0.15) is 46.0 Å². The number of aromatic nitrogens is 1. The zero-order valence-electron chi connectivity index (χ0n) is 20.9. The maximum Gasteiger partial charge on any atom is 0.303 e. The number of hydrazine groups is 1. The Bertz CT molecular complexity index is 996. The van der Waals surface area contributed by atoms with E-state index in [2.05, 4.69) is 10.3 Å². The minimum Gasteiger partial charge on any atom is -0.494 e. The Hall–Kier alpha value is -3.66. The molecule has 0 aliphatic carbocycles. The van der Waals surface area contributed by atoms with Crippen LogP contribution in [0, 0.1) is 0 Å². The molecule has 2 N–H and O–H groups in total. The number of carbonyl (C=O) groups is 3. The molecular weight excluding hydrogens is 462 g/mol. The monoisotopic (exact) mass is 497 g/mol.